The van der Waals surface area contributed by atoms with Crippen molar-refractivity contribution in [2.24, 2.45) is 7.05 Å². The van der Waals surface area contributed by atoms with Gasteiger partial charge in [-0.1, -0.05) is 6.92 Å². The molecule has 0 saturated heterocycles. The Labute approximate surface area is 122 Å². The van der Waals surface area contributed by atoms with Crippen LogP contribution in [0.2, 0.25) is 0 Å². The first-order valence-electron chi connectivity index (χ1n) is 6.52. The molecule has 0 bridgehead atoms. The molecule has 19 heavy (non-hydrogen) atoms. The second-order valence-corrected chi connectivity index (χ2v) is 5.51. The molecule has 0 radical (unpaired) electrons. The van der Waals surface area contributed by atoms with E-state index in [4.69, 9.17) is 0 Å². The van der Waals surface area contributed by atoms with Crippen molar-refractivity contribution in [2.75, 3.05) is 6.54 Å². The largest absolute Gasteiger partial charge is 0.308 e. The minimum absolute atomic E-state index is 0.211. The number of hydrogen-bond donors (Lipinski definition) is 1. The molecule has 5 heteroatoms. The monoisotopic (exact) mass is 322 g/mol. The van der Waals surface area contributed by atoms with Gasteiger partial charge in [-0.3, -0.25) is 9.67 Å². The second kappa shape index (κ2) is 6.82. The molecule has 1 N–H and O–H groups in total. The van der Waals surface area contributed by atoms with Crippen LogP contribution in [0.3, 0.4) is 0 Å². The highest BCUT2D eigenvalue weighted by molar-refractivity contribution is 9.10. The van der Waals surface area contributed by atoms with E-state index < -0.39 is 0 Å². The van der Waals surface area contributed by atoms with Crippen LogP contribution in [0.1, 0.15) is 30.8 Å². The molecule has 1 unspecified atom stereocenters. The lowest BCUT2D eigenvalue weighted by Gasteiger charge is -2.17. The highest BCUT2D eigenvalue weighted by Crippen LogP contribution is 2.17. The van der Waals surface area contributed by atoms with Crippen molar-refractivity contribution in [1.82, 2.24) is 20.1 Å². The third-order valence-corrected chi connectivity index (χ3v) is 3.40. The topological polar surface area (TPSA) is 42.7 Å². The third-order valence-electron chi connectivity index (χ3n) is 2.93. The fourth-order valence-corrected chi connectivity index (χ4v) is 2.21. The lowest BCUT2D eigenvalue weighted by atomic mass is 10.1. The maximum absolute atomic E-state index is 4.49. The Bertz CT molecular complexity index is 506. The molecule has 0 aliphatic carbocycles. The number of halogens is 1. The summed E-state index contributed by atoms with van der Waals surface area (Å²) >= 11 is 3.42. The van der Waals surface area contributed by atoms with Crippen molar-refractivity contribution in [3.05, 3.63) is 46.5 Å². The summed E-state index contributed by atoms with van der Waals surface area (Å²) in [6.45, 7) is 3.15. The number of pyridine rings is 1. The van der Waals surface area contributed by atoms with Gasteiger partial charge in [-0.2, -0.15) is 5.10 Å². The van der Waals surface area contributed by atoms with Crippen LogP contribution in [0.4, 0.5) is 0 Å². The maximum Gasteiger partial charge on any atom is 0.0644 e. The highest BCUT2D eigenvalue weighted by Gasteiger charge is 2.14. The van der Waals surface area contributed by atoms with Gasteiger partial charge in [-0.15, -0.1) is 0 Å². The van der Waals surface area contributed by atoms with Crippen LogP contribution >= 0.6 is 15.9 Å². The molecule has 2 aromatic heterocycles. The Morgan fingerprint density at radius 2 is 2.21 bits per heavy atom. The van der Waals surface area contributed by atoms with Gasteiger partial charge >= 0.3 is 0 Å². The molecule has 0 fully saturated rings. The summed E-state index contributed by atoms with van der Waals surface area (Å²) < 4.78 is 2.84. The quantitative estimate of drug-likeness (QED) is 0.889. The molecule has 0 saturated carbocycles. The standard InChI is InChI=1S/C14H19BrN4/c1-3-7-16-14(9-12-6-8-19(2)18-12)13-5-4-11(15)10-17-13/h4-6,8,10,14,16H,3,7,9H2,1-2H3. The van der Waals surface area contributed by atoms with Gasteiger partial charge in [0.05, 0.1) is 17.4 Å². The predicted octanol–water partition coefficient (Wildman–Crippen LogP) is 2.86. The van der Waals surface area contributed by atoms with Crippen molar-refractivity contribution in [3.8, 4) is 0 Å². The summed E-state index contributed by atoms with van der Waals surface area (Å²) in [5.74, 6) is 0. The SMILES string of the molecule is CCCNC(Cc1ccn(C)n1)c1ccc(Br)cn1. The molecule has 0 aromatic carbocycles. The summed E-state index contributed by atoms with van der Waals surface area (Å²) in [6, 6.07) is 6.35. The van der Waals surface area contributed by atoms with Crippen LogP contribution in [-0.4, -0.2) is 21.3 Å². The zero-order valence-electron chi connectivity index (χ0n) is 11.3. The number of aromatic nitrogens is 3. The van der Waals surface area contributed by atoms with Gasteiger partial charge in [-0.25, -0.2) is 0 Å². The smallest absolute Gasteiger partial charge is 0.0644 e. The molecule has 0 aliphatic rings. The van der Waals surface area contributed by atoms with Gasteiger partial charge < -0.3 is 5.32 Å². The van der Waals surface area contributed by atoms with Crippen molar-refractivity contribution in [2.45, 2.75) is 25.8 Å². The fourth-order valence-electron chi connectivity index (χ4n) is 1.97. The van der Waals surface area contributed by atoms with Gasteiger partial charge in [0.25, 0.3) is 0 Å². The number of aryl methyl sites for hydroxylation is 1. The molecule has 2 heterocycles. The summed E-state index contributed by atoms with van der Waals surface area (Å²) in [6.07, 6.45) is 5.78. The van der Waals surface area contributed by atoms with E-state index in [9.17, 15) is 0 Å². The molecule has 4 nitrogen and oxygen atoms in total. The first-order valence-corrected chi connectivity index (χ1v) is 7.31. The molecule has 2 aromatic rings. The van der Waals surface area contributed by atoms with E-state index >= 15 is 0 Å². The van der Waals surface area contributed by atoms with E-state index in [0.29, 0.717) is 0 Å². The molecule has 0 amide bonds. The van der Waals surface area contributed by atoms with E-state index in [1.54, 1.807) is 0 Å². The minimum atomic E-state index is 0.211. The zero-order valence-corrected chi connectivity index (χ0v) is 12.9. The third kappa shape index (κ3) is 4.14. The molecule has 1 atom stereocenters. The van der Waals surface area contributed by atoms with Gasteiger partial charge in [0.2, 0.25) is 0 Å². The molecule has 0 spiro atoms. The van der Waals surface area contributed by atoms with Crippen LogP contribution < -0.4 is 5.32 Å². The Morgan fingerprint density at radius 1 is 1.37 bits per heavy atom. The van der Waals surface area contributed by atoms with Crippen molar-refractivity contribution in [1.29, 1.82) is 0 Å². The number of rotatable bonds is 6. The molecule has 2 rings (SSSR count). The number of nitrogens with zero attached hydrogens (tertiary/aromatic N) is 3. The zero-order chi connectivity index (χ0) is 13.7. The highest BCUT2D eigenvalue weighted by atomic mass is 79.9. The average molecular weight is 323 g/mol. The molecular formula is C14H19BrN4. The first kappa shape index (κ1) is 14.2. The van der Waals surface area contributed by atoms with Crippen molar-refractivity contribution in [3.63, 3.8) is 0 Å². The van der Waals surface area contributed by atoms with Crippen LogP contribution in [0.25, 0.3) is 0 Å². The van der Waals surface area contributed by atoms with E-state index in [1.165, 1.54) is 0 Å². The van der Waals surface area contributed by atoms with Gasteiger partial charge in [0.1, 0.15) is 0 Å². The number of hydrogen-bond acceptors (Lipinski definition) is 3. The van der Waals surface area contributed by atoms with Gasteiger partial charge in [0.15, 0.2) is 0 Å². The lowest BCUT2D eigenvalue weighted by Crippen LogP contribution is -2.25. The van der Waals surface area contributed by atoms with Crippen LogP contribution in [0.15, 0.2) is 35.1 Å². The summed E-state index contributed by atoms with van der Waals surface area (Å²) in [4.78, 5) is 4.49. The van der Waals surface area contributed by atoms with E-state index in [-0.39, 0.29) is 6.04 Å². The normalized spacial score (nSPS) is 12.6. The second-order valence-electron chi connectivity index (χ2n) is 4.59. The first-order chi connectivity index (χ1) is 9.19. The Kier molecular flexibility index (Phi) is 5.10. The summed E-state index contributed by atoms with van der Waals surface area (Å²) in [5.41, 5.74) is 2.14. The van der Waals surface area contributed by atoms with Gasteiger partial charge in [0, 0.05) is 30.3 Å². The maximum atomic E-state index is 4.49. The van der Waals surface area contributed by atoms with Crippen LogP contribution in [0.5, 0.6) is 0 Å². The molecular weight excluding hydrogens is 304 g/mol. The van der Waals surface area contributed by atoms with Crippen LogP contribution in [0, 0.1) is 0 Å². The average Bonchev–Trinajstić information content (AvgIpc) is 2.81. The van der Waals surface area contributed by atoms with E-state index in [2.05, 4.69) is 50.4 Å². The Hall–Kier alpha value is -1.20. The lowest BCUT2D eigenvalue weighted by molar-refractivity contribution is 0.510. The van der Waals surface area contributed by atoms with Gasteiger partial charge in [-0.05, 0) is 47.1 Å². The van der Waals surface area contributed by atoms with E-state index in [1.807, 2.05) is 30.2 Å². The minimum Gasteiger partial charge on any atom is -0.308 e. The number of nitrogens with one attached hydrogen (secondary N) is 1. The van der Waals surface area contributed by atoms with E-state index in [0.717, 1.165) is 35.2 Å². The Morgan fingerprint density at radius 3 is 2.79 bits per heavy atom. The molecule has 0 aliphatic heterocycles. The predicted molar refractivity (Wildman–Crippen MR) is 79.9 cm³/mol. The Balaban J connectivity index is 2.13. The summed E-state index contributed by atoms with van der Waals surface area (Å²) in [7, 11) is 1.94. The molecule has 102 valence electrons. The summed E-state index contributed by atoms with van der Waals surface area (Å²) in [5, 5.41) is 7.98. The fraction of sp³-hybridized carbons (Fsp3) is 0.429. The van der Waals surface area contributed by atoms with Crippen molar-refractivity contribution < 1.29 is 0 Å². The van der Waals surface area contributed by atoms with Crippen LogP contribution in [-0.2, 0) is 13.5 Å². The van der Waals surface area contributed by atoms with Crippen molar-refractivity contribution >= 4 is 15.9 Å².